The van der Waals surface area contributed by atoms with E-state index in [4.69, 9.17) is 9.47 Å². The molecule has 2 heteroatoms. The van der Waals surface area contributed by atoms with Gasteiger partial charge >= 0.3 is 0 Å². The van der Waals surface area contributed by atoms with E-state index in [0.29, 0.717) is 13.4 Å². The van der Waals surface area contributed by atoms with Crippen molar-refractivity contribution in [2.24, 2.45) is 0 Å². The van der Waals surface area contributed by atoms with Crippen LogP contribution in [0.4, 0.5) is 0 Å². The van der Waals surface area contributed by atoms with Crippen molar-refractivity contribution in [2.45, 2.75) is 19.4 Å². The molecule has 0 fully saturated rings. The number of benzene rings is 1. The van der Waals surface area contributed by atoms with Crippen molar-refractivity contribution in [1.82, 2.24) is 0 Å². The van der Waals surface area contributed by atoms with Crippen LogP contribution in [-0.4, -0.2) is 13.4 Å². The SMILES string of the molecule is c1ccc2c(c1)CCCOCOC2. The predicted octanol–water partition coefficient (Wildman–Crippen LogP) is 2.12. The Bertz CT molecular complexity index is 244. The van der Waals surface area contributed by atoms with Gasteiger partial charge in [-0.15, -0.1) is 0 Å². The summed E-state index contributed by atoms with van der Waals surface area (Å²) in [5.74, 6) is 0. The van der Waals surface area contributed by atoms with E-state index in [1.165, 1.54) is 11.1 Å². The Morgan fingerprint density at radius 3 is 2.77 bits per heavy atom. The molecule has 13 heavy (non-hydrogen) atoms. The fourth-order valence-electron chi connectivity index (χ4n) is 1.58. The molecule has 1 aliphatic heterocycles. The van der Waals surface area contributed by atoms with Crippen molar-refractivity contribution >= 4 is 0 Å². The summed E-state index contributed by atoms with van der Waals surface area (Å²) in [5, 5.41) is 0. The van der Waals surface area contributed by atoms with E-state index in [-0.39, 0.29) is 0 Å². The van der Waals surface area contributed by atoms with Gasteiger partial charge in [-0.3, -0.25) is 0 Å². The van der Waals surface area contributed by atoms with Gasteiger partial charge in [0.05, 0.1) is 6.61 Å². The maximum absolute atomic E-state index is 5.36. The van der Waals surface area contributed by atoms with Crippen molar-refractivity contribution in [2.75, 3.05) is 13.4 Å². The number of hydrogen-bond donors (Lipinski definition) is 0. The van der Waals surface area contributed by atoms with Gasteiger partial charge in [-0.2, -0.15) is 0 Å². The third-order valence-electron chi connectivity index (χ3n) is 2.28. The van der Waals surface area contributed by atoms with E-state index < -0.39 is 0 Å². The number of aryl methyl sites for hydroxylation is 1. The summed E-state index contributed by atoms with van der Waals surface area (Å²) in [6, 6.07) is 8.43. The van der Waals surface area contributed by atoms with Crippen LogP contribution >= 0.6 is 0 Å². The quantitative estimate of drug-likeness (QED) is 0.606. The lowest BCUT2D eigenvalue weighted by Crippen LogP contribution is -1.99. The van der Waals surface area contributed by atoms with E-state index in [1.54, 1.807) is 0 Å². The molecule has 2 nitrogen and oxygen atoms in total. The number of hydrogen-bond acceptors (Lipinski definition) is 2. The van der Waals surface area contributed by atoms with E-state index in [2.05, 4.69) is 24.3 Å². The number of fused-ring (bicyclic) bond motifs is 1. The molecule has 1 aromatic rings. The molecular formula is C11H14O2. The summed E-state index contributed by atoms with van der Waals surface area (Å²) < 4.78 is 10.6. The fraction of sp³-hybridized carbons (Fsp3) is 0.455. The highest BCUT2D eigenvalue weighted by atomic mass is 16.7. The Morgan fingerprint density at radius 1 is 1.00 bits per heavy atom. The highest BCUT2D eigenvalue weighted by Gasteiger charge is 2.04. The Morgan fingerprint density at radius 2 is 1.85 bits per heavy atom. The van der Waals surface area contributed by atoms with Gasteiger partial charge in [0.1, 0.15) is 6.79 Å². The predicted molar refractivity (Wildman–Crippen MR) is 50.4 cm³/mol. The van der Waals surface area contributed by atoms with Crippen LogP contribution in [0.1, 0.15) is 17.5 Å². The largest absolute Gasteiger partial charge is 0.355 e. The molecule has 0 aliphatic carbocycles. The molecule has 0 saturated heterocycles. The van der Waals surface area contributed by atoms with Gasteiger partial charge in [-0.05, 0) is 24.0 Å². The van der Waals surface area contributed by atoms with Gasteiger partial charge < -0.3 is 9.47 Å². The zero-order chi connectivity index (χ0) is 8.93. The summed E-state index contributed by atoms with van der Waals surface area (Å²) in [6.07, 6.45) is 2.18. The van der Waals surface area contributed by atoms with Crippen molar-refractivity contribution in [3.05, 3.63) is 35.4 Å². The molecule has 0 aromatic heterocycles. The highest BCUT2D eigenvalue weighted by molar-refractivity contribution is 5.26. The smallest absolute Gasteiger partial charge is 0.147 e. The van der Waals surface area contributed by atoms with Gasteiger partial charge in [0, 0.05) is 6.61 Å². The monoisotopic (exact) mass is 178 g/mol. The molecule has 1 aliphatic rings. The van der Waals surface area contributed by atoms with Crippen LogP contribution in [0.15, 0.2) is 24.3 Å². The first kappa shape index (κ1) is 8.73. The van der Waals surface area contributed by atoms with Crippen LogP contribution in [0.2, 0.25) is 0 Å². The summed E-state index contributed by atoms with van der Waals surface area (Å²) >= 11 is 0. The summed E-state index contributed by atoms with van der Waals surface area (Å²) in [6.45, 7) is 1.90. The first-order valence-electron chi connectivity index (χ1n) is 4.69. The molecule has 0 bridgehead atoms. The Hall–Kier alpha value is -0.860. The molecule has 0 radical (unpaired) electrons. The average molecular weight is 178 g/mol. The van der Waals surface area contributed by atoms with Crippen molar-refractivity contribution in [1.29, 1.82) is 0 Å². The van der Waals surface area contributed by atoms with Gasteiger partial charge in [-0.25, -0.2) is 0 Å². The third-order valence-corrected chi connectivity index (χ3v) is 2.28. The van der Waals surface area contributed by atoms with Gasteiger partial charge in [0.25, 0.3) is 0 Å². The molecule has 0 atom stereocenters. The maximum atomic E-state index is 5.36. The van der Waals surface area contributed by atoms with Crippen LogP contribution in [0.25, 0.3) is 0 Å². The van der Waals surface area contributed by atoms with Crippen molar-refractivity contribution in [3.8, 4) is 0 Å². The molecular weight excluding hydrogens is 164 g/mol. The van der Waals surface area contributed by atoms with E-state index in [0.717, 1.165) is 19.4 Å². The molecule has 1 heterocycles. The van der Waals surface area contributed by atoms with E-state index >= 15 is 0 Å². The van der Waals surface area contributed by atoms with Gasteiger partial charge in [0.2, 0.25) is 0 Å². The lowest BCUT2D eigenvalue weighted by Gasteiger charge is -2.05. The van der Waals surface area contributed by atoms with Crippen LogP contribution in [-0.2, 0) is 22.5 Å². The topological polar surface area (TPSA) is 18.5 Å². The lowest BCUT2D eigenvalue weighted by atomic mass is 10.0. The molecule has 0 saturated carbocycles. The second-order valence-electron chi connectivity index (χ2n) is 3.25. The average Bonchev–Trinajstić information content (AvgIpc) is 2.28. The molecule has 0 spiro atoms. The molecule has 0 N–H and O–H groups in total. The minimum absolute atomic E-state index is 0.425. The highest BCUT2D eigenvalue weighted by Crippen LogP contribution is 2.13. The fourth-order valence-corrected chi connectivity index (χ4v) is 1.58. The Kier molecular flexibility index (Phi) is 2.95. The van der Waals surface area contributed by atoms with Gasteiger partial charge in [-0.1, -0.05) is 24.3 Å². The molecule has 0 unspecified atom stereocenters. The molecule has 2 rings (SSSR count). The van der Waals surface area contributed by atoms with Crippen LogP contribution < -0.4 is 0 Å². The van der Waals surface area contributed by atoms with E-state index in [9.17, 15) is 0 Å². The van der Waals surface area contributed by atoms with Crippen LogP contribution in [0.5, 0.6) is 0 Å². The summed E-state index contributed by atoms with van der Waals surface area (Å²) in [5.41, 5.74) is 2.70. The molecule has 1 aromatic carbocycles. The van der Waals surface area contributed by atoms with Crippen LogP contribution in [0, 0.1) is 0 Å². The van der Waals surface area contributed by atoms with E-state index in [1.807, 2.05) is 0 Å². The van der Waals surface area contributed by atoms with Crippen LogP contribution in [0.3, 0.4) is 0 Å². The van der Waals surface area contributed by atoms with Gasteiger partial charge in [0.15, 0.2) is 0 Å². The molecule has 0 amide bonds. The zero-order valence-corrected chi connectivity index (χ0v) is 7.66. The standard InChI is InChI=1S/C11H14O2/c1-2-5-11-8-13-9-12-7-3-6-10(11)4-1/h1-2,4-5H,3,6-9H2. The number of rotatable bonds is 0. The normalized spacial score (nSPS) is 18.2. The minimum Gasteiger partial charge on any atom is -0.355 e. The second-order valence-corrected chi connectivity index (χ2v) is 3.25. The zero-order valence-electron chi connectivity index (χ0n) is 7.66. The second kappa shape index (κ2) is 4.40. The number of ether oxygens (including phenoxy) is 2. The first-order chi connectivity index (χ1) is 6.47. The summed E-state index contributed by atoms with van der Waals surface area (Å²) in [4.78, 5) is 0. The Labute approximate surface area is 78.5 Å². The third kappa shape index (κ3) is 2.29. The van der Waals surface area contributed by atoms with Crippen molar-refractivity contribution < 1.29 is 9.47 Å². The Balaban J connectivity index is 2.17. The maximum Gasteiger partial charge on any atom is 0.147 e. The summed E-state index contributed by atoms with van der Waals surface area (Å²) in [7, 11) is 0. The van der Waals surface area contributed by atoms with Crippen molar-refractivity contribution in [3.63, 3.8) is 0 Å². The first-order valence-corrected chi connectivity index (χ1v) is 4.69. The molecule has 70 valence electrons. The minimum atomic E-state index is 0.425. The lowest BCUT2D eigenvalue weighted by molar-refractivity contribution is -0.0599.